The first kappa shape index (κ1) is 10.9. The maximum Gasteiger partial charge on any atom is 0.310 e. The summed E-state index contributed by atoms with van der Waals surface area (Å²) >= 11 is 0. The highest BCUT2D eigenvalue weighted by molar-refractivity contribution is 5.77. The van der Waals surface area contributed by atoms with Crippen molar-refractivity contribution in [3.63, 3.8) is 0 Å². The Bertz CT molecular complexity index is 271. The maximum absolute atomic E-state index is 11.4. The van der Waals surface area contributed by atoms with Crippen molar-refractivity contribution >= 4 is 5.97 Å². The molecule has 1 spiro atoms. The summed E-state index contributed by atoms with van der Waals surface area (Å²) in [6, 6.07) is 0. The molecule has 0 heterocycles. The molecule has 0 aromatic carbocycles. The molecule has 2 atom stereocenters. The molecule has 0 amide bonds. The number of hydrogen-bond acceptors (Lipinski definition) is 2. The third-order valence-corrected chi connectivity index (χ3v) is 4.82. The van der Waals surface area contributed by atoms with Crippen LogP contribution in [0.2, 0.25) is 0 Å². The molecule has 0 saturated heterocycles. The van der Waals surface area contributed by atoms with E-state index in [9.17, 15) is 15.0 Å². The van der Waals surface area contributed by atoms with E-state index in [1.54, 1.807) is 6.92 Å². The lowest BCUT2D eigenvalue weighted by molar-refractivity contribution is -0.191. The van der Waals surface area contributed by atoms with Gasteiger partial charge >= 0.3 is 5.97 Å². The van der Waals surface area contributed by atoms with E-state index < -0.39 is 17.5 Å². The molecule has 2 aliphatic rings. The molecule has 86 valence electrons. The van der Waals surface area contributed by atoms with Gasteiger partial charge in [-0.3, -0.25) is 4.79 Å². The molecule has 0 aromatic rings. The molecular formula is C12H20O3. The van der Waals surface area contributed by atoms with Crippen LogP contribution in [0.25, 0.3) is 0 Å². The fourth-order valence-corrected chi connectivity index (χ4v) is 3.45. The van der Waals surface area contributed by atoms with Crippen LogP contribution in [0.5, 0.6) is 0 Å². The van der Waals surface area contributed by atoms with Crippen molar-refractivity contribution in [3.8, 4) is 0 Å². The number of hydrogen-bond donors (Lipinski definition) is 2. The summed E-state index contributed by atoms with van der Waals surface area (Å²) in [7, 11) is 0. The van der Waals surface area contributed by atoms with Crippen molar-refractivity contribution in [2.45, 2.75) is 52.1 Å². The van der Waals surface area contributed by atoms with Crippen molar-refractivity contribution in [2.75, 3.05) is 0 Å². The molecular weight excluding hydrogens is 192 g/mol. The van der Waals surface area contributed by atoms with Crippen LogP contribution in [0.4, 0.5) is 0 Å². The number of carboxylic acids is 1. The Balaban J connectivity index is 2.11. The Kier molecular flexibility index (Phi) is 2.34. The predicted octanol–water partition coefficient (Wildman–Crippen LogP) is 2.04. The molecule has 0 aliphatic heterocycles. The highest BCUT2D eigenvalue weighted by Gasteiger charge is 2.63. The summed E-state index contributed by atoms with van der Waals surface area (Å²) in [6.45, 7) is 3.56. The van der Waals surface area contributed by atoms with Gasteiger partial charge in [0.1, 0.15) is 0 Å². The molecule has 2 unspecified atom stereocenters. The Hall–Kier alpha value is -0.570. The van der Waals surface area contributed by atoms with Gasteiger partial charge in [0.05, 0.1) is 11.5 Å². The van der Waals surface area contributed by atoms with E-state index in [0.717, 1.165) is 12.8 Å². The van der Waals surface area contributed by atoms with Gasteiger partial charge in [-0.05, 0) is 43.9 Å². The van der Waals surface area contributed by atoms with Gasteiger partial charge in [-0.15, -0.1) is 0 Å². The zero-order valence-electron chi connectivity index (χ0n) is 9.49. The van der Waals surface area contributed by atoms with E-state index in [1.165, 1.54) is 19.3 Å². The van der Waals surface area contributed by atoms with Crippen LogP contribution < -0.4 is 0 Å². The van der Waals surface area contributed by atoms with Gasteiger partial charge in [-0.25, -0.2) is 0 Å². The van der Waals surface area contributed by atoms with Crippen LogP contribution in [0.3, 0.4) is 0 Å². The van der Waals surface area contributed by atoms with Crippen molar-refractivity contribution in [2.24, 2.45) is 16.7 Å². The molecule has 15 heavy (non-hydrogen) atoms. The Morgan fingerprint density at radius 1 is 1.27 bits per heavy atom. The van der Waals surface area contributed by atoms with Gasteiger partial charge < -0.3 is 10.2 Å². The van der Waals surface area contributed by atoms with Gasteiger partial charge in [0.25, 0.3) is 0 Å². The lowest BCUT2D eigenvalue weighted by Crippen LogP contribution is -2.59. The number of carboxylic acid groups (broad SMARTS) is 1. The van der Waals surface area contributed by atoms with Gasteiger partial charge in [-0.1, -0.05) is 13.3 Å². The van der Waals surface area contributed by atoms with E-state index in [4.69, 9.17) is 0 Å². The molecule has 0 radical (unpaired) electrons. The molecule has 0 bridgehead atoms. The molecule has 2 rings (SSSR count). The fourth-order valence-electron chi connectivity index (χ4n) is 3.45. The first-order chi connectivity index (χ1) is 6.92. The van der Waals surface area contributed by atoms with Crippen LogP contribution >= 0.6 is 0 Å². The number of rotatable bonds is 3. The lowest BCUT2D eigenvalue weighted by Gasteiger charge is -2.61. The summed E-state index contributed by atoms with van der Waals surface area (Å²) in [6.07, 6.45) is 4.66. The minimum absolute atomic E-state index is 0.138. The summed E-state index contributed by atoms with van der Waals surface area (Å²) in [5.41, 5.74) is -0.309. The van der Waals surface area contributed by atoms with E-state index in [-0.39, 0.29) is 5.92 Å². The van der Waals surface area contributed by atoms with Gasteiger partial charge in [-0.2, -0.15) is 0 Å². The molecule has 2 fully saturated rings. The fraction of sp³-hybridized carbons (Fsp3) is 0.917. The van der Waals surface area contributed by atoms with Crippen molar-refractivity contribution in [1.29, 1.82) is 0 Å². The monoisotopic (exact) mass is 212 g/mol. The highest BCUT2D eigenvalue weighted by Crippen LogP contribution is 2.67. The number of aliphatic hydroxyl groups excluding tert-OH is 1. The SMILES string of the molecule is CC(O)C(C)C1(C(=O)O)CC2(CCC2)C1. The second-order valence-electron chi connectivity index (χ2n) is 5.70. The van der Waals surface area contributed by atoms with Crippen molar-refractivity contribution in [1.82, 2.24) is 0 Å². The van der Waals surface area contributed by atoms with E-state index in [0.29, 0.717) is 5.41 Å². The van der Waals surface area contributed by atoms with Crippen LogP contribution in [-0.4, -0.2) is 22.3 Å². The Labute approximate surface area is 90.5 Å². The zero-order valence-corrected chi connectivity index (χ0v) is 9.49. The van der Waals surface area contributed by atoms with Crippen molar-refractivity contribution < 1.29 is 15.0 Å². The quantitative estimate of drug-likeness (QED) is 0.752. The molecule has 3 nitrogen and oxygen atoms in total. The van der Waals surface area contributed by atoms with Crippen LogP contribution in [-0.2, 0) is 4.79 Å². The van der Waals surface area contributed by atoms with E-state index in [2.05, 4.69) is 0 Å². The molecule has 2 saturated carbocycles. The van der Waals surface area contributed by atoms with Gasteiger partial charge in [0, 0.05) is 0 Å². The predicted molar refractivity (Wildman–Crippen MR) is 56.4 cm³/mol. The van der Waals surface area contributed by atoms with Gasteiger partial charge in [0.15, 0.2) is 0 Å². The third kappa shape index (κ3) is 1.40. The summed E-state index contributed by atoms with van der Waals surface area (Å²) in [5.74, 6) is -0.852. The minimum atomic E-state index is -0.714. The van der Waals surface area contributed by atoms with Gasteiger partial charge in [0.2, 0.25) is 0 Å². The average molecular weight is 212 g/mol. The smallest absolute Gasteiger partial charge is 0.310 e. The number of carbonyl (C=O) groups is 1. The molecule has 3 heteroatoms. The first-order valence-corrected chi connectivity index (χ1v) is 5.83. The van der Waals surface area contributed by atoms with Crippen LogP contribution in [0.15, 0.2) is 0 Å². The van der Waals surface area contributed by atoms with E-state index in [1.807, 2.05) is 6.92 Å². The molecule has 2 N–H and O–H groups in total. The Morgan fingerprint density at radius 2 is 1.80 bits per heavy atom. The minimum Gasteiger partial charge on any atom is -0.481 e. The molecule has 0 aromatic heterocycles. The maximum atomic E-state index is 11.4. The zero-order chi connectivity index (χ0) is 11.3. The average Bonchev–Trinajstić information content (AvgIpc) is 1.98. The first-order valence-electron chi connectivity index (χ1n) is 5.83. The topological polar surface area (TPSA) is 57.5 Å². The summed E-state index contributed by atoms with van der Waals surface area (Å²) < 4.78 is 0. The second-order valence-corrected chi connectivity index (χ2v) is 5.70. The van der Waals surface area contributed by atoms with Crippen LogP contribution in [0, 0.1) is 16.7 Å². The number of aliphatic carboxylic acids is 1. The summed E-state index contributed by atoms with van der Waals surface area (Å²) in [4.78, 5) is 11.4. The molecule has 2 aliphatic carbocycles. The highest BCUT2D eigenvalue weighted by atomic mass is 16.4. The lowest BCUT2D eigenvalue weighted by atomic mass is 9.42. The Morgan fingerprint density at radius 3 is 2.07 bits per heavy atom. The summed E-state index contributed by atoms with van der Waals surface area (Å²) in [5, 5.41) is 18.9. The third-order valence-electron chi connectivity index (χ3n) is 4.82. The normalized spacial score (nSPS) is 30.1. The standard InChI is InChI=1S/C12H20O3/c1-8(9(2)13)12(10(14)15)6-11(7-12)4-3-5-11/h8-9,13H,3-7H2,1-2H3,(H,14,15). The van der Waals surface area contributed by atoms with Crippen molar-refractivity contribution in [3.05, 3.63) is 0 Å². The number of aliphatic hydroxyl groups is 1. The largest absolute Gasteiger partial charge is 0.481 e. The second kappa shape index (κ2) is 3.21. The van der Waals surface area contributed by atoms with E-state index >= 15 is 0 Å². The van der Waals surface area contributed by atoms with Crippen LogP contribution in [0.1, 0.15) is 46.0 Å².